The highest BCUT2D eigenvalue weighted by atomic mass is 16.5. The second kappa shape index (κ2) is 7.12. The van der Waals surface area contributed by atoms with E-state index in [1.54, 1.807) is 19.2 Å². The van der Waals surface area contributed by atoms with E-state index in [-0.39, 0.29) is 5.97 Å². The van der Waals surface area contributed by atoms with Crippen molar-refractivity contribution in [1.29, 1.82) is 0 Å². The van der Waals surface area contributed by atoms with Crippen LogP contribution in [0, 0.1) is 5.92 Å². The zero-order valence-electron chi connectivity index (χ0n) is 12.0. The summed E-state index contributed by atoms with van der Waals surface area (Å²) < 4.78 is 5.04. The zero-order chi connectivity index (χ0) is 14.4. The minimum Gasteiger partial charge on any atom is -0.462 e. The van der Waals surface area contributed by atoms with Crippen molar-refractivity contribution in [1.82, 2.24) is 4.98 Å². The summed E-state index contributed by atoms with van der Waals surface area (Å²) >= 11 is 0. The number of esters is 1. The third-order valence-electron chi connectivity index (χ3n) is 3.69. The Bertz CT molecular complexity index is 456. The summed E-state index contributed by atoms with van der Waals surface area (Å²) in [5, 5.41) is 3.28. The summed E-state index contributed by atoms with van der Waals surface area (Å²) in [6, 6.07) is 1.62. The fourth-order valence-corrected chi connectivity index (χ4v) is 2.62. The number of hydrogen-bond acceptors (Lipinski definition) is 5. The van der Waals surface area contributed by atoms with E-state index in [2.05, 4.69) is 10.3 Å². The van der Waals surface area contributed by atoms with Gasteiger partial charge in [-0.2, -0.15) is 0 Å². The van der Waals surface area contributed by atoms with E-state index in [4.69, 9.17) is 10.5 Å². The molecule has 0 radical (unpaired) electrons. The van der Waals surface area contributed by atoms with Crippen LogP contribution < -0.4 is 11.1 Å². The predicted octanol–water partition coefficient (Wildman–Crippen LogP) is 2.83. The van der Waals surface area contributed by atoms with Gasteiger partial charge in [-0.15, -0.1) is 0 Å². The fraction of sp³-hybridized carbons (Fsp3) is 0.600. The molecule has 1 aliphatic rings. The quantitative estimate of drug-likeness (QED) is 0.809. The molecule has 1 aliphatic carbocycles. The standard InChI is InChI=1S/C15H23N3O2/c1-2-20-15(19)13-8-12(16)10-18-14(13)17-9-11-6-4-3-5-7-11/h8,10-11H,2-7,9,16H2,1H3,(H,17,18). The molecule has 0 aromatic carbocycles. The molecule has 20 heavy (non-hydrogen) atoms. The monoisotopic (exact) mass is 277 g/mol. The van der Waals surface area contributed by atoms with Gasteiger partial charge in [0.2, 0.25) is 0 Å². The van der Waals surface area contributed by atoms with Crippen LogP contribution in [0.3, 0.4) is 0 Å². The number of pyridine rings is 1. The number of anilines is 2. The average Bonchev–Trinajstić information content (AvgIpc) is 2.47. The lowest BCUT2D eigenvalue weighted by Crippen LogP contribution is -2.19. The zero-order valence-corrected chi connectivity index (χ0v) is 12.0. The number of hydrogen-bond donors (Lipinski definition) is 2. The molecule has 1 aromatic heterocycles. The van der Waals surface area contributed by atoms with Gasteiger partial charge in [-0.1, -0.05) is 19.3 Å². The van der Waals surface area contributed by atoms with Crippen LogP contribution in [0.1, 0.15) is 49.4 Å². The van der Waals surface area contributed by atoms with E-state index < -0.39 is 0 Å². The van der Waals surface area contributed by atoms with E-state index in [1.807, 2.05) is 0 Å². The SMILES string of the molecule is CCOC(=O)c1cc(N)cnc1NCC1CCCCC1. The Morgan fingerprint density at radius 1 is 1.45 bits per heavy atom. The van der Waals surface area contributed by atoms with Crippen LogP contribution in [-0.2, 0) is 4.74 Å². The minimum absolute atomic E-state index is 0.343. The van der Waals surface area contributed by atoms with Gasteiger partial charge in [-0.05, 0) is 31.7 Å². The molecule has 1 saturated carbocycles. The summed E-state index contributed by atoms with van der Waals surface area (Å²) in [7, 11) is 0. The first-order valence-corrected chi connectivity index (χ1v) is 7.37. The number of nitrogens with two attached hydrogens (primary N) is 1. The Labute approximate surface area is 119 Å². The van der Waals surface area contributed by atoms with Crippen LogP contribution in [0.15, 0.2) is 12.3 Å². The van der Waals surface area contributed by atoms with Gasteiger partial charge in [0, 0.05) is 6.54 Å². The third-order valence-corrected chi connectivity index (χ3v) is 3.69. The highest BCUT2D eigenvalue weighted by Crippen LogP contribution is 2.24. The molecule has 2 rings (SSSR count). The Kier molecular flexibility index (Phi) is 5.21. The van der Waals surface area contributed by atoms with Crippen molar-refractivity contribution in [2.45, 2.75) is 39.0 Å². The molecule has 0 bridgehead atoms. The van der Waals surface area contributed by atoms with E-state index in [9.17, 15) is 4.79 Å². The summed E-state index contributed by atoms with van der Waals surface area (Å²) in [6.07, 6.45) is 7.99. The van der Waals surface area contributed by atoms with Crippen LogP contribution in [0.5, 0.6) is 0 Å². The number of nitrogen functional groups attached to an aromatic ring is 1. The van der Waals surface area contributed by atoms with Crippen LogP contribution >= 0.6 is 0 Å². The number of carbonyl (C=O) groups excluding carboxylic acids is 1. The maximum atomic E-state index is 11.9. The molecule has 0 atom stereocenters. The molecule has 5 heteroatoms. The Morgan fingerprint density at radius 3 is 2.90 bits per heavy atom. The third kappa shape index (κ3) is 3.85. The maximum absolute atomic E-state index is 11.9. The summed E-state index contributed by atoms with van der Waals surface area (Å²) in [5.74, 6) is 0.861. The molecule has 0 amide bonds. The van der Waals surface area contributed by atoms with Gasteiger partial charge in [0.05, 0.1) is 18.5 Å². The topological polar surface area (TPSA) is 77.2 Å². The first-order valence-electron chi connectivity index (χ1n) is 7.37. The molecule has 1 heterocycles. The molecular formula is C15H23N3O2. The maximum Gasteiger partial charge on any atom is 0.341 e. The number of ether oxygens (including phenoxy) is 1. The number of nitrogens with one attached hydrogen (secondary N) is 1. The lowest BCUT2D eigenvalue weighted by atomic mass is 9.89. The van der Waals surface area contributed by atoms with Crippen molar-refractivity contribution in [3.63, 3.8) is 0 Å². The van der Waals surface area contributed by atoms with E-state index in [0.717, 1.165) is 6.54 Å². The van der Waals surface area contributed by atoms with Crippen LogP contribution in [-0.4, -0.2) is 24.1 Å². The Balaban J connectivity index is 2.03. The largest absolute Gasteiger partial charge is 0.462 e. The number of carbonyl (C=O) groups is 1. The van der Waals surface area contributed by atoms with Crippen LogP contribution in [0.4, 0.5) is 11.5 Å². The van der Waals surface area contributed by atoms with Gasteiger partial charge in [-0.25, -0.2) is 9.78 Å². The molecular weight excluding hydrogens is 254 g/mol. The minimum atomic E-state index is -0.376. The molecule has 0 saturated heterocycles. The van der Waals surface area contributed by atoms with Gasteiger partial charge in [0.15, 0.2) is 0 Å². The predicted molar refractivity (Wildman–Crippen MR) is 79.7 cm³/mol. The van der Waals surface area contributed by atoms with Gasteiger partial charge in [0.1, 0.15) is 11.4 Å². The number of aromatic nitrogens is 1. The van der Waals surface area contributed by atoms with Gasteiger partial charge in [0.25, 0.3) is 0 Å². The molecule has 3 N–H and O–H groups in total. The van der Waals surface area contributed by atoms with E-state index in [1.165, 1.54) is 32.1 Å². The van der Waals surface area contributed by atoms with Gasteiger partial charge < -0.3 is 15.8 Å². The van der Waals surface area contributed by atoms with Gasteiger partial charge >= 0.3 is 5.97 Å². The van der Waals surface area contributed by atoms with Crippen molar-refractivity contribution < 1.29 is 9.53 Å². The normalized spacial score (nSPS) is 15.8. The molecule has 110 valence electrons. The Hall–Kier alpha value is -1.78. The first kappa shape index (κ1) is 14.6. The summed E-state index contributed by atoms with van der Waals surface area (Å²) in [5.41, 5.74) is 6.59. The lowest BCUT2D eigenvalue weighted by Gasteiger charge is -2.22. The second-order valence-electron chi connectivity index (χ2n) is 5.27. The lowest BCUT2D eigenvalue weighted by molar-refractivity contribution is 0.0527. The molecule has 1 fully saturated rings. The van der Waals surface area contributed by atoms with Crippen molar-refractivity contribution in [3.05, 3.63) is 17.8 Å². The molecule has 5 nitrogen and oxygen atoms in total. The molecule has 0 unspecified atom stereocenters. The van der Waals surface area contributed by atoms with Crippen molar-refractivity contribution in [2.24, 2.45) is 5.92 Å². The highest BCUT2D eigenvalue weighted by molar-refractivity contribution is 5.95. The molecule has 0 spiro atoms. The highest BCUT2D eigenvalue weighted by Gasteiger charge is 2.17. The van der Waals surface area contributed by atoms with E-state index >= 15 is 0 Å². The smallest absolute Gasteiger partial charge is 0.341 e. The van der Waals surface area contributed by atoms with Crippen LogP contribution in [0.2, 0.25) is 0 Å². The fourth-order valence-electron chi connectivity index (χ4n) is 2.62. The second-order valence-corrected chi connectivity index (χ2v) is 5.27. The number of nitrogens with zero attached hydrogens (tertiary/aromatic N) is 1. The van der Waals surface area contributed by atoms with Crippen molar-refractivity contribution in [3.8, 4) is 0 Å². The number of rotatable bonds is 5. The first-order chi connectivity index (χ1) is 9.70. The molecule has 1 aromatic rings. The van der Waals surface area contributed by atoms with E-state index in [0.29, 0.717) is 29.6 Å². The van der Waals surface area contributed by atoms with Gasteiger partial charge in [-0.3, -0.25) is 0 Å². The summed E-state index contributed by atoms with van der Waals surface area (Å²) in [4.78, 5) is 16.1. The van der Waals surface area contributed by atoms with Crippen LogP contribution in [0.25, 0.3) is 0 Å². The Morgan fingerprint density at radius 2 is 2.20 bits per heavy atom. The van der Waals surface area contributed by atoms with Crippen molar-refractivity contribution >= 4 is 17.5 Å². The van der Waals surface area contributed by atoms with Crippen molar-refractivity contribution in [2.75, 3.05) is 24.2 Å². The summed E-state index contributed by atoms with van der Waals surface area (Å²) in [6.45, 7) is 2.98. The molecule has 0 aliphatic heterocycles. The average molecular weight is 277 g/mol.